The third-order valence-electron chi connectivity index (χ3n) is 3.98. The fraction of sp³-hybridized carbons (Fsp3) is 0.111. The lowest BCUT2D eigenvalue weighted by atomic mass is 10.1. The maximum absolute atomic E-state index is 6.02. The summed E-state index contributed by atoms with van der Waals surface area (Å²) in [7, 11) is 0. The Bertz CT molecular complexity index is 886. The van der Waals surface area contributed by atoms with Crippen molar-refractivity contribution in [3.8, 4) is 0 Å². The molecule has 22 heavy (non-hydrogen) atoms. The minimum absolute atomic E-state index is 0.688. The molecule has 1 aromatic heterocycles. The Morgan fingerprint density at radius 3 is 2.91 bits per heavy atom. The van der Waals surface area contributed by atoms with Gasteiger partial charge in [-0.1, -0.05) is 35.9 Å². The highest BCUT2D eigenvalue weighted by atomic mass is 35.5. The first-order chi connectivity index (χ1) is 10.8. The van der Waals surface area contributed by atoms with Crippen molar-refractivity contribution in [3.05, 3.63) is 70.9 Å². The molecule has 0 atom stereocenters. The fourth-order valence-corrected chi connectivity index (χ4v) is 3.04. The summed E-state index contributed by atoms with van der Waals surface area (Å²) in [6, 6.07) is 16.1. The highest BCUT2D eigenvalue weighted by Crippen LogP contribution is 2.26. The molecule has 4 heteroatoms. The molecule has 3 nitrogen and oxygen atoms in total. The van der Waals surface area contributed by atoms with Crippen LogP contribution >= 0.6 is 11.6 Å². The molecule has 0 saturated heterocycles. The summed E-state index contributed by atoms with van der Waals surface area (Å²) in [4.78, 5) is 4.35. The van der Waals surface area contributed by atoms with Gasteiger partial charge in [-0.15, -0.1) is 0 Å². The molecule has 0 unspecified atom stereocenters. The number of benzene rings is 2. The number of pyridine rings is 1. The Balaban J connectivity index is 1.69. The van der Waals surface area contributed by atoms with Crippen LogP contribution in [0.2, 0.25) is 5.02 Å². The molecule has 1 N–H and O–H groups in total. The molecule has 3 aromatic rings. The van der Waals surface area contributed by atoms with Crippen LogP contribution < -0.4 is 5.43 Å². The monoisotopic (exact) mass is 307 g/mol. The molecule has 4 rings (SSSR count). The van der Waals surface area contributed by atoms with E-state index in [1.165, 1.54) is 11.1 Å². The lowest BCUT2D eigenvalue weighted by Gasteiger charge is -2.07. The van der Waals surface area contributed by atoms with Gasteiger partial charge < -0.3 is 0 Å². The number of halogens is 1. The van der Waals surface area contributed by atoms with E-state index in [0.29, 0.717) is 5.02 Å². The summed E-state index contributed by atoms with van der Waals surface area (Å²) in [6.45, 7) is 0. The Morgan fingerprint density at radius 2 is 1.95 bits per heavy atom. The van der Waals surface area contributed by atoms with Gasteiger partial charge in [0.1, 0.15) is 0 Å². The van der Waals surface area contributed by atoms with Crippen LogP contribution in [0.15, 0.2) is 59.8 Å². The molecule has 0 aliphatic heterocycles. The van der Waals surface area contributed by atoms with Crippen molar-refractivity contribution >= 4 is 33.9 Å². The van der Waals surface area contributed by atoms with Gasteiger partial charge in [0.25, 0.3) is 0 Å². The summed E-state index contributed by atoms with van der Waals surface area (Å²) >= 11 is 6.02. The van der Waals surface area contributed by atoms with Gasteiger partial charge >= 0.3 is 0 Å². The average Bonchev–Trinajstić information content (AvgIpc) is 2.96. The molecule has 2 aromatic carbocycles. The second kappa shape index (κ2) is 5.43. The van der Waals surface area contributed by atoms with E-state index in [4.69, 9.17) is 11.6 Å². The first-order valence-electron chi connectivity index (χ1n) is 7.26. The zero-order valence-electron chi connectivity index (χ0n) is 11.9. The molecule has 0 bridgehead atoms. The predicted molar refractivity (Wildman–Crippen MR) is 91.7 cm³/mol. The summed E-state index contributed by atoms with van der Waals surface area (Å²) in [5, 5.41) is 6.32. The molecule has 1 heterocycles. The lowest BCUT2D eigenvalue weighted by molar-refractivity contribution is 1.09. The first kappa shape index (κ1) is 13.3. The fourth-order valence-electron chi connectivity index (χ4n) is 2.87. The Kier molecular flexibility index (Phi) is 3.28. The first-order valence-corrected chi connectivity index (χ1v) is 7.64. The third-order valence-corrected chi connectivity index (χ3v) is 4.21. The van der Waals surface area contributed by atoms with Crippen LogP contribution in [0.4, 0.5) is 5.69 Å². The zero-order valence-corrected chi connectivity index (χ0v) is 12.6. The highest BCUT2D eigenvalue weighted by Gasteiger charge is 2.16. The van der Waals surface area contributed by atoms with Crippen molar-refractivity contribution in [3.63, 3.8) is 0 Å². The van der Waals surface area contributed by atoms with E-state index in [1.807, 2.05) is 24.3 Å². The molecule has 0 radical (unpaired) electrons. The molecule has 0 spiro atoms. The summed E-state index contributed by atoms with van der Waals surface area (Å²) in [6.07, 6.45) is 3.80. The van der Waals surface area contributed by atoms with Crippen LogP contribution in [0.5, 0.6) is 0 Å². The second-order valence-electron chi connectivity index (χ2n) is 5.35. The summed E-state index contributed by atoms with van der Waals surface area (Å²) in [5.41, 5.74) is 8.73. The highest BCUT2D eigenvalue weighted by molar-refractivity contribution is 6.31. The van der Waals surface area contributed by atoms with E-state index in [1.54, 1.807) is 6.20 Å². The van der Waals surface area contributed by atoms with Crippen LogP contribution in [-0.2, 0) is 6.42 Å². The van der Waals surface area contributed by atoms with E-state index in [0.717, 1.165) is 35.1 Å². The number of nitrogens with one attached hydrogen (secondary N) is 1. The van der Waals surface area contributed by atoms with Crippen LogP contribution in [0.25, 0.3) is 10.9 Å². The number of rotatable bonds is 2. The number of fused-ring (bicyclic) bond motifs is 2. The minimum atomic E-state index is 0.688. The molecule has 108 valence electrons. The molecular weight excluding hydrogens is 294 g/mol. The Labute approximate surface area is 133 Å². The third kappa shape index (κ3) is 2.34. The minimum Gasteiger partial charge on any atom is -0.277 e. The van der Waals surface area contributed by atoms with E-state index in [2.05, 4.69) is 39.8 Å². The summed E-state index contributed by atoms with van der Waals surface area (Å²) < 4.78 is 0. The van der Waals surface area contributed by atoms with Gasteiger partial charge in [0.05, 0.1) is 16.9 Å². The van der Waals surface area contributed by atoms with Gasteiger partial charge in [0.2, 0.25) is 0 Å². The number of hydrazone groups is 1. The number of hydrogen-bond acceptors (Lipinski definition) is 3. The SMILES string of the molecule is Clc1ccc2c(N/N=C3/CCc4ccccc43)ccnc2c1. The van der Waals surface area contributed by atoms with Crippen LogP contribution in [0.3, 0.4) is 0 Å². The normalized spacial score (nSPS) is 15.2. The van der Waals surface area contributed by atoms with E-state index >= 15 is 0 Å². The standard InChI is InChI=1S/C18H14ClN3/c19-13-6-7-15-17(9-10-20-18(15)11-13)22-21-16-8-5-12-3-1-2-4-14(12)16/h1-4,6-7,9-11H,5,8H2,(H,20,22)/b21-16-. The zero-order chi connectivity index (χ0) is 14.9. The van der Waals surface area contributed by atoms with Crippen LogP contribution in [0.1, 0.15) is 17.5 Å². The van der Waals surface area contributed by atoms with Crippen LogP contribution in [-0.4, -0.2) is 10.7 Å². The molecule has 0 amide bonds. The lowest BCUT2D eigenvalue weighted by Crippen LogP contribution is -2.00. The van der Waals surface area contributed by atoms with Crippen molar-refractivity contribution < 1.29 is 0 Å². The maximum Gasteiger partial charge on any atom is 0.0738 e. The van der Waals surface area contributed by atoms with Crippen molar-refractivity contribution in [1.82, 2.24) is 4.98 Å². The van der Waals surface area contributed by atoms with Gasteiger partial charge in [0, 0.05) is 22.2 Å². The number of aryl methyl sites for hydroxylation is 1. The number of nitrogens with zero attached hydrogens (tertiary/aromatic N) is 2. The average molecular weight is 308 g/mol. The maximum atomic E-state index is 6.02. The number of anilines is 1. The predicted octanol–water partition coefficient (Wildman–Crippen LogP) is 4.65. The van der Waals surface area contributed by atoms with Crippen LogP contribution in [0, 0.1) is 0 Å². The molecular formula is C18H14ClN3. The van der Waals surface area contributed by atoms with Crippen molar-refractivity contribution in [1.29, 1.82) is 0 Å². The molecule has 0 fully saturated rings. The Hall–Kier alpha value is -2.39. The Morgan fingerprint density at radius 1 is 1.05 bits per heavy atom. The van der Waals surface area contributed by atoms with Gasteiger partial charge in [-0.3, -0.25) is 10.4 Å². The number of aromatic nitrogens is 1. The molecule has 1 aliphatic carbocycles. The van der Waals surface area contributed by atoms with Gasteiger partial charge in [-0.05, 0) is 42.7 Å². The topological polar surface area (TPSA) is 37.3 Å². The van der Waals surface area contributed by atoms with Crippen molar-refractivity contribution in [2.45, 2.75) is 12.8 Å². The van der Waals surface area contributed by atoms with Crippen molar-refractivity contribution in [2.75, 3.05) is 5.43 Å². The summed E-state index contributed by atoms with van der Waals surface area (Å²) in [5.74, 6) is 0. The van der Waals surface area contributed by atoms with E-state index in [9.17, 15) is 0 Å². The van der Waals surface area contributed by atoms with E-state index in [-0.39, 0.29) is 0 Å². The molecule has 0 saturated carbocycles. The quantitative estimate of drug-likeness (QED) is 0.700. The second-order valence-corrected chi connectivity index (χ2v) is 5.78. The van der Waals surface area contributed by atoms with Gasteiger partial charge in [-0.2, -0.15) is 5.10 Å². The largest absolute Gasteiger partial charge is 0.277 e. The van der Waals surface area contributed by atoms with Gasteiger partial charge in [0.15, 0.2) is 0 Å². The smallest absolute Gasteiger partial charge is 0.0738 e. The number of hydrogen-bond donors (Lipinski definition) is 1. The van der Waals surface area contributed by atoms with E-state index < -0.39 is 0 Å². The van der Waals surface area contributed by atoms with Gasteiger partial charge in [-0.25, -0.2) is 0 Å². The van der Waals surface area contributed by atoms with Crippen molar-refractivity contribution in [2.24, 2.45) is 5.10 Å². The molecule has 1 aliphatic rings.